The van der Waals surface area contributed by atoms with E-state index in [2.05, 4.69) is 0 Å². The fourth-order valence-corrected chi connectivity index (χ4v) is 4.15. The van der Waals surface area contributed by atoms with Crippen LogP contribution in [0, 0.1) is 11.7 Å². The average Bonchev–Trinajstić information content (AvgIpc) is 2.67. The van der Waals surface area contributed by atoms with Crippen LogP contribution < -0.4 is 5.73 Å². The van der Waals surface area contributed by atoms with E-state index >= 15 is 0 Å². The van der Waals surface area contributed by atoms with Crippen molar-refractivity contribution in [3.05, 3.63) is 35.6 Å². The van der Waals surface area contributed by atoms with Gasteiger partial charge in [-0.15, -0.1) is 0 Å². The molecule has 6 heteroatoms. The van der Waals surface area contributed by atoms with Crippen molar-refractivity contribution in [3.63, 3.8) is 0 Å². The molecule has 3 atom stereocenters. The molecule has 0 aliphatic carbocycles. The molecule has 2 saturated heterocycles. The number of nitrogens with two attached hydrogens (primary N) is 1. The normalized spacial score (nSPS) is 25.0. The van der Waals surface area contributed by atoms with E-state index in [-0.39, 0.29) is 35.6 Å². The number of piperidine rings is 2. The lowest BCUT2D eigenvalue weighted by atomic mass is 9.91. The highest BCUT2D eigenvalue weighted by Crippen LogP contribution is 2.26. The van der Waals surface area contributed by atoms with Crippen molar-refractivity contribution in [1.82, 2.24) is 9.80 Å². The first-order valence-corrected chi connectivity index (χ1v) is 9.58. The van der Waals surface area contributed by atoms with Crippen LogP contribution in [0.4, 0.5) is 4.39 Å². The van der Waals surface area contributed by atoms with Gasteiger partial charge in [0.05, 0.1) is 5.92 Å². The van der Waals surface area contributed by atoms with Gasteiger partial charge in [0.15, 0.2) is 0 Å². The Bertz CT molecular complexity index is 647. The number of hydrogen-bond acceptors (Lipinski definition) is 3. The highest BCUT2D eigenvalue weighted by molar-refractivity contribution is 5.94. The van der Waals surface area contributed by atoms with E-state index in [0.29, 0.717) is 18.7 Å². The Morgan fingerprint density at radius 1 is 1.12 bits per heavy atom. The Kier molecular flexibility index (Phi) is 5.91. The molecule has 2 amide bonds. The van der Waals surface area contributed by atoms with Crippen LogP contribution in [0.3, 0.4) is 0 Å². The minimum Gasteiger partial charge on any atom is -0.338 e. The van der Waals surface area contributed by atoms with Gasteiger partial charge in [0.25, 0.3) is 5.91 Å². The molecule has 2 fully saturated rings. The zero-order valence-electron chi connectivity index (χ0n) is 15.4. The van der Waals surface area contributed by atoms with Gasteiger partial charge in [-0.3, -0.25) is 9.59 Å². The van der Waals surface area contributed by atoms with Crippen molar-refractivity contribution in [2.75, 3.05) is 19.6 Å². The standard InChI is InChI=1S/C20H28FN3O2/c1-14(22)18-6-2-3-12-24(18)20(26)16-5-4-11-23(13-16)19(25)15-7-9-17(21)10-8-15/h7-10,14,16,18H,2-6,11-13,22H2,1H3. The van der Waals surface area contributed by atoms with Crippen molar-refractivity contribution in [3.8, 4) is 0 Å². The van der Waals surface area contributed by atoms with E-state index in [0.717, 1.165) is 38.6 Å². The van der Waals surface area contributed by atoms with Crippen molar-refractivity contribution in [2.24, 2.45) is 11.7 Å². The van der Waals surface area contributed by atoms with E-state index in [1.54, 1.807) is 4.90 Å². The van der Waals surface area contributed by atoms with Crippen molar-refractivity contribution >= 4 is 11.8 Å². The average molecular weight is 361 g/mol. The van der Waals surface area contributed by atoms with Crippen LogP contribution in [0.25, 0.3) is 0 Å². The number of benzene rings is 1. The summed E-state index contributed by atoms with van der Waals surface area (Å²) in [4.78, 5) is 29.5. The summed E-state index contributed by atoms with van der Waals surface area (Å²) >= 11 is 0. The number of halogens is 1. The first kappa shape index (κ1) is 18.8. The molecule has 0 bridgehead atoms. The Morgan fingerprint density at radius 2 is 1.85 bits per heavy atom. The molecule has 1 aromatic carbocycles. The third kappa shape index (κ3) is 4.06. The minimum atomic E-state index is -0.361. The zero-order valence-corrected chi connectivity index (χ0v) is 15.4. The first-order chi connectivity index (χ1) is 12.5. The summed E-state index contributed by atoms with van der Waals surface area (Å²) in [5, 5.41) is 0. The van der Waals surface area contributed by atoms with Gasteiger partial charge in [-0.05, 0) is 63.3 Å². The smallest absolute Gasteiger partial charge is 0.253 e. The Labute approximate surface area is 154 Å². The number of carbonyl (C=O) groups excluding carboxylic acids is 2. The van der Waals surface area contributed by atoms with Crippen molar-refractivity contribution < 1.29 is 14.0 Å². The molecule has 1 aromatic rings. The third-order valence-corrected chi connectivity index (χ3v) is 5.59. The number of amides is 2. The third-order valence-electron chi connectivity index (χ3n) is 5.59. The van der Waals surface area contributed by atoms with E-state index < -0.39 is 0 Å². The Hall–Kier alpha value is -1.95. The topological polar surface area (TPSA) is 66.6 Å². The van der Waals surface area contributed by atoms with E-state index in [1.165, 1.54) is 24.3 Å². The van der Waals surface area contributed by atoms with Crippen LogP contribution in [0.2, 0.25) is 0 Å². The fraction of sp³-hybridized carbons (Fsp3) is 0.600. The van der Waals surface area contributed by atoms with Gasteiger partial charge in [-0.1, -0.05) is 0 Å². The molecular weight excluding hydrogens is 333 g/mol. The number of nitrogens with zero attached hydrogens (tertiary/aromatic N) is 2. The lowest BCUT2D eigenvalue weighted by Crippen LogP contribution is -2.55. The maximum atomic E-state index is 13.1. The monoisotopic (exact) mass is 361 g/mol. The minimum absolute atomic E-state index is 0.0419. The summed E-state index contributed by atoms with van der Waals surface area (Å²) < 4.78 is 13.1. The molecule has 2 heterocycles. The Morgan fingerprint density at radius 3 is 2.54 bits per heavy atom. The summed E-state index contributed by atoms with van der Waals surface area (Å²) in [5.41, 5.74) is 6.56. The molecule has 0 spiro atoms. The van der Waals surface area contributed by atoms with E-state index in [9.17, 15) is 14.0 Å². The van der Waals surface area contributed by atoms with Crippen LogP contribution in [0.15, 0.2) is 24.3 Å². The second kappa shape index (κ2) is 8.16. The van der Waals surface area contributed by atoms with Gasteiger partial charge in [-0.2, -0.15) is 0 Å². The first-order valence-electron chi connectivity index (χ1n) is 9.58. The molecule has 26 heavy (non-hydrogen) atoms. The van der Waals surface area contributed by atoms with Gasteiger partial charge in [-0.25, -0.2) is 4.39 Å². The van der Waals surface area contributed by atoms with Crippen LogP contribution >= 0.6 is 0 Å². The number of likely N-dealkylation sites (tertiary alicyclic amines) is 2. The van der Waals surface area contributed by atoms with Crippen LogP contribution in [0.5, 0.6) is 0 Å². The van der Waals surface area contributed by atoms with Crippen LogP contribution in [-0.4, -0.2) is 53.3 Å². The van der Waals surface area contributed by atoms with Gasteiger partial charge < -0.3 is 15.5 Å². The summed E-state index contributed by atoms with van der Waals surface area (Å²) in [5.74, 6) is -0.540. The largest absolute Gasteiger partial charge is 0.338 e. The van der Waals surface area contributed by atoms with Gasteiger partial charge in [0, 0.05) is 37.3 Å². The van der Waals surface area contributed by atoms with Crippen LogP contribution in [-0.2, 0) is 4.79 Å². The van der Waals surface area contributed by atoms with Crippen LogP contribution in [0.1, 0.15) is 49.4 Å². The SMILES string of the molecule is CC(N)C1CCCCN1C(=O)C1CCCN(C(=O)c2ccc(F)cc2)C1. The van der Waals surface area contributed by atoms with Crippen molar-refractivity contribution in [1.29, 1.82) is 0 Å². The molecule has 2 aliphatic heterocycles. The molecule has 5 nitrogen and oxygen atoms in total. The summed E-state index contributed by atoms with van der Waals surface area (Å²) in [6.45, 7) is 3.78. The predicted molar refractivity (Wildman–Crippen MR) is 98.0 cm³/mol. The fourth-order valence-electron chi connectivity index (χ4n) is 4.15. The zero-order chi connectivity index (χ0) is 18.7. The summed E-state index contributed by atoms with van der Waals surface area (Å²) in [6.07, 6.45) is 4.68. The molecule has 142 valence electrons. The van der Waals surface area contributed by atoms with Gasteiger partial charge >= 0.3 is 0 Å². The maximum Gasteiger partial charge on any atom is 0.253 e. The predicted octanol–water partition coefficient (Wildman–Crippen LogP) is 2.41. The second-order valence-electron chi connectivity index (χ2n) is 7.55. The number of rotatable bonds is 3. The van der Waals surface area contributed by atoms with Gasteiger partial charge in [0.2, 0.25) is 5.91 Å². The van der Waals surface area contributed by atoms with Gasteiger partial charge in [0.1, 0.15) is 5.82 Å². The number of hydrogen-bond donors (Lipinski definition) is 1. The molecule has 2 N–H and O–H groups in total. The lowest BCUT2D eigenvalue weighted by molar-refractivity contribution is -0.141. The quantitative estimate of drug-likeness (QED) is 0.899. The lowest BCUT2D eigenvalue weighted by Gasteiger charge is -2.42. The van der Waals surface area contributed by atoms with Crippen molar-refractivity contribution in [2.45, 2.75) is 51.1 Å². The summed E-state index contributed by atoms with van der Waals surface area (Å²) in [7, 11) is 0. The molecule has 0 radical (unpaired) electrons. The Balaban J connectivity index is 1.68. The molecule has 0 aromatic heterocycles. The molecule has 2 aliphatic rings. The highest BCUT2D eigenvalue weighted by Gasteiger charge is 2.36. The molecule has 0 saturated carbocycles. The number of carbonyl (C=O) groups is 2. The second-order valence-corrected chi connectivity index (χ2v) is 7.55. The highest BCUT2D eigenvalue weighted by atomic mass is 19.1. The molecule has 3 rings (SSSR count). The van der Waals surface area contributed by atoms with E-state index in [1.807, 2.05) is 11.8 Å². The maximum absolute atomic E-state index is 13.1. The summed E-state index contributed by atoms with van der Waals surface area (Å²) in [6, 6.07) is 5.64. The molecular formula is C20H28FN3O2. The van der Waals surface area contributed by atoms with E-state index in [4.69, 9.17) is 5.73 Å². The molecule has 3 unspecified atom stereocenters.